The summed E-state index contributed by atoms with van der Waals surface area (Å²) in [7, 11) is 1.45. The summed E-state index contributed by atoms with van der Waals surface area (Å²) in [5, 5.41) is 11.3. The van der Waals surface area contributed by atoms with E-state index in [1.54, 1.807) is 18.2 Å². The summed E-state index contributed by atoms with van der Waals surface area (Å²) in [6, 6.07) is 5.61. The van der Waals surface area contributed by atoms with Gasteiger partial charge in [-0.25, -0.2) is 4.79 Å². The molecule has 0 saturated carbocycles. The van der Waals surface area contributed by atoms with Gasteiger partial charge in [0.1, 0.15) is 5.75 Å². The van der Waals surface area contributed by atoms with Crippen LogP contribution < -0.4 is 10.1 Å². The van der Waals surface area contributed by atoms with Crippen LogP contribution in [-0.4, -0.2) is 42.2 Å². The molecule has 22 heavy (non-hydrogen) atoms. The number of urea groups is 1. The number of aliphatic carboxylic acids is 1. The first-order valence-corrected chi connectivity index (χ1v) is 6.55. The fraction of sp³-hybridized carbons (Fsp3) is 0.429. The molecule has 122 valence electrons. The van der Waals surface area contributed by atoms with Gasteiger partial charge >= 0.3 is 18.6 Å². The van der Waals surface area contributed by atoms with E-state index in [-0.39, 0.29) is 18.8 Å². The zero-order valence-electron chi connectivity index (χ0n) is 12.3. The lowest BCUT2D eigenvalue weighted by molar-refractivity contribution is -0.141. The van der Waals surface area contributed by atoms with Crippen molar-refractivity contribution in [3.05, 3.63) is 29.8 Å². The van der Waals surface area contributed by atoms with Crippen LogP contribution in [0.1, 0.15) is 12.5 Å². The second-order valence-electron chi connectivity index (χ2n) is 4.76. The maximum atomic E-state index is 12.3. The average molecular weight is 316 g/mol. The molecule has 8 heteroatoms. The number of rotatable bonds is 7. The number of hydrogen-bond donors (Lipinski definition) is 2. The Labute approximate surface area is 126 Å². The SMILES string of the molecule is CC(CN(C)C(=O)NCc1ccccc1OC(F)F)C(=O)O. The van der Waals surface area contributed by atoms with Crippen LogP contribution >= 0.6 is 0 Å². The topological polar surface area (TPSA) is 78.9 Å². The Hall–Kier alpha value is -2.38. The number of benzene rings is 1. The summed E-state index contributed by atoms with van der Waals surface area (Å²) in [6.07, 6.45) is 0. The first-order valence-electron chi connectivity index (χ1n) is 6.55. The normalized spacial score (nSPS) is 11.9. The Morgan fingerprint density at radius 2 is 2.00 bits per heavy atom. The quantitative estimate of drug-likeness (QED) is 0.808. The molecule has 1 aromatic carbocycles. The molecule has 0 aliphatic heterocycles. The van der Waals surface area contributed by atoms with Gasteiger partial charge < -0.3 is 20.1 Å². The van der Waals surface area contributed by atoms with Crippen molar-refractivity contribution >= 4 is 12.0 Å². The van der Waals surface area contributed by atoms with Gasteiger partial charge in [-0.2, -0.15) is 8.78 Å². The highest BCUT2D eigenvalue weighted by Crippen LogP contribution is 2.19. The largest absolute Gasteiger partial charge is 0.481 e. The molecule has 1 atom stereocenters. The lowest BCUT2D eigenvalue weighted by Crippen LogP contribution is -2.40. The molecule has 0 spiro atoms. The number of halogens is 2. The van der Waals surface area contributed by atoms with Gasteiger partial charge in [0.05, 0.1) is 5.92 Å². The monoisotopic (exact) mass is 316 g/mol. The molecule has 6 nitrogen and oxygen atoms in total. The van der Waals surface area contributed by atoms with Crippen molar-refractivity contribution in [2.24, 2.45) is 5.92 Å². The fourth-order valence-corrected chi connectivity index (χ4v) is 1.74. The standard InChI is InChI=1S/C14H18F2N2O4/c1-9(12(19)20)8-18(2)14(21)17-7-10-5-3-4-6-11(10)22-13(15)16/h3-6,9,13H,7-8H2,1-2H3,(H,17,21)(H,19,20). The molecule has 2 N–H and O–H groups in total. The number of alkyl halides is 2. The first kappa shape index (κ1) is 17.7. The number of carboxylic acids is 1. The van der Waals surface area contributed by atoms with Gasteiger partial charge in [0.15, 0.2) is 0 Å². The number of hydrogen-bond acceptors (Lipinski definition) is 3. The third kappa shape index (κ3) is 5.55. The minimum Gasteiger partial charge on any atom is -0.481 e. The summed E-state index contributed by atoms with van der Waals surface area (Å²) in [4.78, 5) is 23.8. The zero-order valence-corrected chi connectivity index (χ0v) is 12.3. The number of carbonyl (C=O) groups is 2. The Kier molecular flexibility index (Phi) is 6.55. The summed E-state index contributed by atoms with van der Waals surface area (Å²) < 4.78 is 28.9. The Morgan fingerprint density at radius 1 is 1.36 bits per heavy atom. The molecular formula is C14H18F2N2O4. The van der Waals surface area contributed by atoms with Crippen molar-refractivity contribution in [1.29, 1.82) is 0 Å². The van der Waals surface area contributed by atoms with Gasteiger partial charge in [-0.1, -0.05) is 25.1 Å². The van der Waals surface area contributed by atoms with Gasteiger partial charge in [0, 0.05) is 25.7 Å². The molecule has 2 amide bonds. The summed E-state index contributed by atoms with van der Waals surface area (Å²) in [5.41, 5.74) is 0.399. The lowest BCUT2D eigenvalue weighted by Gasteiger charge is -2.20. The van der Waals surface area contributed by atoms with Crippen molar-refractivity contribution in [3.63, 3.8) is 0 Å². The van der Waals surface area contributed by atoms with Crippen molar-refractivity contribution in [2.45, 2.75) is 20.1 Å². The van der Waals surface area contributed by atoms with Crippen LogP contribution in [-0.2, 0) is 11.3 Å². The van der Waals surface area contributed by atoms with E-state index < -0.39 is 24.5 Å². The molecule has 0 bridgehead atoms. The van der Waals surface area contributed by atoms with Gasteiger partial charge in [0.25, 0.3) is 0 Å². The molecule has 1 unspecified atom stereocenters. The van der Waals surface area contributed by atoms with Crippen molar-refractivity contribution in [2.75, 3.05) is 13.6 Å². The summed E-state index contributed by atoms with van der Waals surface area (Å²) >= 11 is 0. The van der Waals surface area contributed by atoms with Gasteiger partial charge in [0.2, 0.25) is 0 Å². The second kappa shape index (κ2) is 8.16. The van der Waals surface area contributed by atoms with Crippen molar-refractivity contribution in [1.82, 2.24) is 10.2 Å². The van der Waals surface area contributed by atoms with E-state index in [2.05, 4.69) is 10.1 Å². The van der Waals surface area contributed by atoms with E-state index in [0.29, 0.717) is 5.56 Å². The van der Waals surface area contributed by atoms with E-state index in [1.165, 1.54) is 24.9 Å². The van der Waals surface area contributed by atoms with Gasteiger partial charge in [-0.3, -0.25) is 4.79 Å². The number of carbonyl (C=O) groups excluding carboxylic acids is 1. The first-order chi connectivity index (χ1) is 10.3. The molecule has 1 rings (SSSR count). The third-order valence-corrected chi connectivity index (χ3v) is 2.93. The number of nitrogens with zero attached hydrogens (tertiary/aromatic N) is 1. The van der Waals surface area contributed by atoms with Crippen LogP contribution in [0, 0.1) is 5.92 Å². The van der Waals surface area contributed by atoms with E-state index >= 15 is 0 Å². The Morgan fingerprint density at radius 3 is 2.59 bits per heavy atom. The lowest BCUT2D eigenvalue weighted by atomic mass is 10.2. The second-order valence-corrected chi connectivity index (χ2v) is 4.76. The molecule has 0 aliphatic rings. The predicted molar refractivity (Wildman–Crippen MR) is 74.7 cm³/mol. The van der Waals surface area contributed by atoms with Crippen molar-refractivity contribution in [3.8, 4) is 5.75 Å². The van der Waals surface area contributed by atoms with E-state index in [1.807, 2.05) is 0 Å². The smallest absolute Gasteiger partial charge is 0.387 e. The van der Waals surface area contributed by atoms with E-state index in [4.69, 9.17) is 5.11 Å². The summed E-state index contributed by atoms with van der Waals surface area (Å²) in [5.74, 6) is -1.72. The van der Waals surface area contributed by atoms with Crippen LogP contribution in [0.5, 0.6) is 5.75 Å². The average Bonchev–Trinajstić information content (AvgIpc) is 2.45. The molecular weight excluding hydrogens is 298 g/mol. The van der Waals surface area contributed by atoms with E-state index in [9.17, 15) is 18.4 Å². The van der Waals surface area contributed by atoms with Crippen LogP contribution in [0.4, 0.5) is 13.6 Å². The van der Waals surface area contributed by atoms with Crippen LogP contribution in [0.3, 0.4) is 0 Å². The minimum atomic E-state index is -2.95. The molecule has 0 aromatic heterocycles. The van der Waals surface area contributed by atoms with Crippen LogP contribution in [0.2, 0.25) is 0 Å². The van der Waals surface area contributed by atoms with Gasteiger partial charge in [-0.05, 0) is 6.07 Å². The number of ether oxygens (including phenoxy) is 1. The van der Waals surface area contributed by atoms with E-state index in [0.717, 1.165) is 0 Å². The number of nitrogens with one attached hydrogen (secondary N) is 1. The molecule has 0 saturated heterocycles. The van der Waals surface area contributed by atoms with Crippen molar-refractivity contribution < 1.29 is 28.2 Å². The van der Waals surface area contributed by atoms with Gasteiger partial charge in [-0.15, -0.1) is 0 Å². The number of amides is 2. The number of carboxylic acid groups (broad SMARTS) is 1. The molecule has 0 aliphatic carbocycles. The maximum absolute atomic E-state index is 12.3. The zero-order chi connectivity index (χ0) is 16.7. The summed E-state index contributed by atoms with van der Waals surface area (Å²) in [6.45, 7) is -1.43. The fourth-order valence-electron chi connectivity index (χ4n) is 1.74. The molecule has 0 heterocycles. The predicted octanol–water partition coefficient (Wildman–Crippen LogP) is 2.15. The molecule has 0 fully saturated rings. The maximum Gasteiger partial charge on any atom is 0.387 e. The van der Waals surface area contributed by atoms with Crippen LogP contribution in [0.25, 0.3) is 0 Å². The molecule has 0 radical (unpaired) electrons. The van der Waals surface area contributed by atoms with Crippen LogP contribution in [0.15, 0.2) is 24.3 Å². The molecule has 1 aromatic rings. The highest BCUT2D eigenvalue weighted by atomic mass is 19.3. The minimum absolute atomic E-state index is 0.00643. The Balaban J connectivity index is 2.59. The highest BCUT2D eigenvalue weighted by Gasteiger charge is 2.17. The highest BCUT2D eigenvalue weighted by molar-refractivity contribution is 5.75. The number of para-hydroxylation sites is 1. The third-order valence-electron chi connectivity index (χ3n) is 2.93. The Bertz CT molecular complexity index is 525.